The van der Waals surface area contributed by atoms with E-state index in [1.54, 1.807) is 21.8 Å². The monoisotopic (exact) mass is 380 g/mol. The molecule has 0 bridgehead atoms. The lowest BCUT2D eigenvalue weighted by atomic mass is 10.1. The molecule has 0 radical (unpaired) electrons. The van der Waals surface area contributed by atoms with Gasteiger partial charge in [-0.15, -0.1) is 0 Å². The van der Waals surface area contributed by atoms with E-state index in [4.69, 9.17) is 0 Å². The maximum Gasteiger partial charge on any atom is 0.416 e. The number of aryl methyl sites for hydroxylation is 2. The average molecular weight is 380 g/mol. The smallest absolute Gasteiger partial charge is 0.336 e. The van der Waals surface area contributed by atoms with Crippen LogP contribution in [0, 0.1) is 6.92 Å². The molecule has 0 unspecified atom stereocenters. The summed E-state index contributed by atoms with van der Waals surface area (Å²) in [5.41, 5.74) is 1.33. The van der Waals surface area contributed by atoms with Crippen molar-refractivity contribution in [3.8, 4) is 0 Å². The van der Waals surface area contributed by atoms with Crippen LogP contribution in [0.4, 0.5) is 13.2 Å². The van der Waals surface area contributed by atoms with Gasteiger partial charge in [-0.2, -0.15) is 18.3 Å². The second-order valence-corrected chi connectivity index (χ2v) is 6.75. The predicted molar refractivity (Wildman–Crippen MR) is 95.3 cm³/mol. The Kier molecular flexibility index (Phi) is 5.55. The van der Waals surface area contributed by atoms with Crippen LogP contribution in [0.25, 0.3) is 0 Å². The van der Waals surface area contributed by atoms with E-state index < -0.39 is 11.7 Å². The van der Waals surface area contributed by atoms with Gasteiger partial charge in [0.1, 0.15) is 0 Å². The summed E-state index contributed by atoms with van der Waals surface area (Å²) in [6, 6.07) is 5.42. The first kappa shape index (κ1) is 19.4. The molecule has 5 nitrogen and oxygen atoms in total. The van der Waals surface area contributed by atoms with Gasteiger partial charge in [-0.3, -0.25) is 14.4 Å². The molecule has 1 aliphatic heterocycles. The van der Waals surface area contributed by atoms with Crippen molar-refractivity contribution >= 4 is 5.91 Å². The molecule has 2 heterocycles. The van der Waals surface area contributed by atoms with E-state index in [9.17, 15) is 18.0 Å². The molecule has 0 spiro atoms. The topological polar surface area (TPSA) is 41.4 Å². The largest absolute Gasteiger partial charge is 0.416 e. The van der Waals surface area contributed by atoms with Crippen molar-refractivity contribution in [1.29, 1.82) is 0 Å². The Morgan fingerprint density at radius 3 is 2.48 bits per heavy atom. The molecule has 1 amide bonds. The number of amides is 1. The van der Waals surface area contributed by atoms with E-state index in [0.29, 0.717) is 56.1 Å². The van der Waals surface area contributed by atoms with E-state index in [2.05, 4.69) is 10.00 Å². The van der Waals surface area contributed by atoms with Crippen molar-refractivity contribution < 1.29 is 18.0 Å². The third-order valence-corrected chi connectivity index (χ3v) is 4.82. The highest BCUT2D eigenvalue weighted by Crippen LogP contribution is 2.29. The molecule has 1 aromatic carbocycles. The maximum atomic E-state index is 12.8. The zero-order valence-corrected chi connectivity index (χ0v) is 15.5. The van der Waals surface area contributed by atoms with Gasteiger partial charge in [-0.1, -0.05) is 18.2 Å². The Labute approximate surface area is 156 Å². The summed E-state index contributed by atoms with van der Waals surface area (Å²) in [6.45, 7) is 7.29. The van der Waals surface area contributed by atoms with Gasteiger partial charge in [0.2, 0.25) is 0 Å². The summed E-state index contributed by atoms with van der Waals surface area (Å²) in [7, 11) is 0. The number of rotatable bonds is 4. The molecule has 1 aliphatic rings. The van der Waals surface area contributed by atoms with Crippen LogP contribution >= 0.6 is 0 Å². The minimum atomic E-state index is -4.33. The molecule has 1 aromatic heterocycles. The Hall–Kier alpha value is -2.35. The van der Waals surface area contributed by atoms with E-state index in [0.717, 1.165) is 6.07 Å². The van der Waals surface area contributed by atoms with Crippen LogP contribution in [0.3, 0.4) is 0 Å². The van der Waals surface area contributed by atoms with Gasteiger partial charge in [0.25, 0.3) is 5.91 Å². The SMILES string of the molecule is CCn1cc(C(=O)N2CCN(Cc3cccc(C(F)(F)F)c3)CC2)c(C)n1. The molecule has 1 saturated heterocycles. The summed E-state index contributed by atoms with van der Waals surface area (Å²) >= 11 is 0. The van der Waals surface area contributed by atoms with Gasteiger partial charge in [0.05, 0.1) is 16.8 Å². The lowest BCUT2D eigenvalue weighted by Gasteiger charge is -2.34. The highest BCUT2D eigenvalue weighted by Gasteiger charge is 2.30. The van der Waals surface area contributed by atoms with Crippen molar-refractivity contribution in [2.24, 2.45) is 0 Å². The van der Waals surface area contributed by atoms with E-state index >= 15 is 0 Å². The molecule has 0 N–H and O–H groups in total. The van der Waals surface area contributed by atoms with Crippen LogP contribution in [-0.4, -0.2) is 51.7 Å². The van der Waals surface area contributed by atoms with E-state index in [1.807, 2.05) is 13.8 Å². The predicted octanol–water partition coefficient (Wildman–Crippen LogP) is 3.19. The molecule has 146 valence electrons. The summed E-state index contributed by atoms with van der Waals surface area (Å²) in [5.74, 6) is -0.0362. The van der Waals surface area contributed by atoms with Gasteiger partial charge < -0.3 is 4.90 Å². The zero-order valence-electron chi connectivity index (χ0n) is 15.5. The number of halogens is 3. The third-order valence-electron chi connectivity index (χ3n) is 4.82. The van der Waals surface area contributed by atoms with Crippen molar-refractivity contribution in [2.45, 2.75) is 33.1 Å². The second-order valence-electron chi connectivity index (χ2n) is 6.75. The molecule has 3 rings (SSSR count). The number of benzene rings is 1. The minimum Gasteiger partial charge on any atom is -0.336 e. The lowest BCUT2D eigenvalue weighted by Crippen LogP contribution is -2.48. The van der Waals surface area contributed by atoms with Gasteiger partial charge in [0.15, 0.2) is 0 Å². The summed E-state index contributed by atoms with van der Waals surface area (Å²) < 4.78 is 40.3. The number of carbonyl (C=O) groups excluding carboxylic acids is 1. The third kappa shape index (κ3) is 4.50. The van der Waals surface area contributed by atoms with Crippen LogP contribution in [0.15, 0.2) is 30.5 Å². The van der Waals surface area contributed by atoms with Crippen molar-refractivity contribution in [2.75, 3.05) is 26.2 Å². The van der Waals surface area contributed by atoms with Crippen LogP contribution in [0.2, 0.25) is 0 Å². The molecular weight excluding hydrogens is 357 g/mol. The fourth-order valence-electron chi connectivity index (χ4n) is 3.27. The van der Waals surface area contributed by atoms with Gasteiger partial charge in [-0.05, 0) is 25.5 Å². The maximum absolute atomic E-state index is 12.8. The van der Waals surface area contributed by atoms with Crippen LogP contribution in [0.5, 0.6) is 0 Å². The Balaban J connectivity index is 1.59. The van der Waals surface area contributed by atoms with Gasteiger partial charge in [0, 0.05) is 45.5 Å². The molecule has 27 heavy (non-hydrogen) atoms. The number of aromatic nitrogens is 2. The normalized spacial score (nSPS) is 16.0. The van der Waals surface area contributed by atoms with E-state index in [1.165, 1.54) is 12.1 Å². The van der Waals surface area contributed by atoms with Crippen molar-refractivity contribution in [3.05, 3.63) is 52.8 Å². The van der Waals surface area contributed by atoms with Crippen molar-refractivity contribution in [1.82, 2.24) is 19.6 Å². The first-order chi connectivity index (χ1) is 12.8. The molecule has 0 saturated carbocycles. The van der Waals surface area contributed by atoms with Crippen LogP contribution in [0.1, 0.15) is 34.1 Å². The molecule has 1 fully saturated rings. The standard InChI is InChI=1S/C19H23F3N4O/c1-3-26-13-17(14(2)23-26)18(27)25-9-7-24(8-10-25)12-15-5-4-6-16(11-15)19(20,21)22/h4-6,11,13H,3,7-10,12H2,1-2H3. The number of piperazine rings is 1. The van der Waals surface area contributed by atoms with Crippen LogP contribution < -0.4 is 0 Å². The summed E-state index contributed by atoms with van der Waals surface area (Å²) in [5, 5.41) is 4.31. The zero-order chi connectivity index (χ0) is 19.6. The average Bonchev–Trinajstić information content (AvgIpc) is 3.02. The Morgan fingerprint density at radius 1 is 1.19 bits per heavy atom. The number of hydrogen-bond acceptors (Lipinski definition) is 3. The Bertz CT molecular complexity index is 808. The molecule has 2 aromatic rings. The summed E-state index contributed by atoms with van der Waals surface area (Å²) in [4.78, 5) is 16.6. The van der Waals surface area contributed by atoms with Crippen LogP contribution in [-0.2, 0) is 19.3 Å². The lowest BCUT2D eigenvalue weighted by molar-refractivity contribution is -0.137. The quantitative estimate of drug-likeness (QED) is 0.818. The number of nitrogens with zero attached hydrogens (tertiary/aromatic N) is 4. The van der Waals surface area contributed by atoms with Crippen molar-refractivity contribution in [3.63, 3.8) is 0 Å². The fourth-order valence-corrected chi connectivity index (χ4v) is 3.27. The number of carbonyl (C=O) groups is 1. The molecular formula is C19H23F3N4O. The molecule has 8 heteroatoms. The number of hydrogen-bond donors (Lipinski definition) is 0. The number of alkyl halides is 3. The second kappa shape index (κ2) is 7.72. The highest BCUT2D eigenvalue weighted by atomic mass is 19.4. The van der Waals surface area contributed by atoms with Gasteiger partial charge >= 0.3 is 6.18 Å². The van der Waals surface area contributed by atoms with Gasteiger partial charge in [-0.25, -0.2) is 0 Å². The van der Waals surface area contributed by atoms with E-state index in [-0.39, 0.29) is 5.91 Å². The summed E-state index contributed by atoms with van der Waals surface area (Å²) in [6.07, 6.45) is -2.56. The minimum absolute atomic E-state index is 0.0362. The molecule has 0 aliphatic carbocycles. The Morgan fingerprint density at radius 2 is 1.89 bits per heavy atom. The fraction of sp³-hybridized carbons (Fsp3) is 0.474. The first-order valence-corrected chi connectivity index (χ1v) is 8.99. The molecule has 0 atom stereocenters. The first-order valence-electron chi connectivity index (χ1n) is 8.99. The highest BCUT2D eigenvalue weighted by molar-refractivity contribution is 5.95.